The van der Waals surface area contributed by atoms with Crippen molar-refractivity contribution in [2.75, 3.05) is 44.1 Å². The van der Waals surface area contributed by atoms with Gasteiger partial charge in [0, 0.05) is 21.1 Å². The smallest absolute Gasteiger partial charge is 0.328 e. The van der Waals surface area contributed by atoms with E-state index in [1.54, 1.807) is 4.90 Å². The number of aromatic nitrogens is 3. The average Bonchev–Trinajstić information content (AvgIpc) is 2.84. The number of ether oxygens (including phenoxy) is 2. The number of hydrogen-bond acceptors (Lipinski definition) is 8. The molecule has 0 bridgehead atoms. The maximum Gasteiger partial charge on any atom is 0.328 e. The Labute approximate surface area is 204 Å². The zero-order valence-corrected chi connectivity index (χ0v) is 20.3. The minimum Gasteiger partial charge on any atom is -0.492 e. The lowest BCUT2D eigenvalue weighted by Crippen LogP contribution is -2.27. The molecule has 186 valence electrons. The Bertz CT molecular complexity index is 1110. The molecule has 1 heterocycles. The topological polar surface area (TPSA) is 101 Å². The largest absolute Gasteiger partial charge is 0.492 e. The fourth-order valence-corrected chi connectivity index (χ4v) is 3.17. The Morgan fingerprint density at radius 1 is 0.971 bits per heavy atom. The normalized spacial score (nSPS) is 11.6. The molecule has 35 heavy (non-hydrogen) atoms. The van der Waals surface area contributed by atoms with E-state index in [0.29, 0.717) is 49.4 Å². The fraction of sp³-hybridized carbons (Fsp3) is 0.360. The van der Waals surface area contributed by atoms with Crippen molar-refractivity contribution in [1.29, 1.82) is 0 Å². The SMILES string of the molecule is CCC(Cc1ccc(OCCN(C)c2nc(Oc3ccc(F)cc3)nc(N(C)C)n2)cc1)C(=O)O. The Hall–Kier alpha value is -3.95. The van der Waals surface area contributed by atoms with E-state index in [1.165, 1.54) is 24.3 Å². The lowest BCUT2D eigenvalue weighted by Gasteiger charge is -2.20. The fourth-order valence-electron chi connectivity index (χ4n) is 3.17. The summed E-state index contributed by atoms with van der Waals surface area (Å²) in [5, 5.41) is 9.23. The van der Waals surface area contributed by atoms with E-state index in [0.717, 1.165) is 5.56 Å². The Morgan fingerprint density at radius 3 is 2.20 bits per heavy atom. The van der Waals surface area contributed by atoms with Crippen LogP contribution < -0.4 is 19.3 Å². The molecule has 1 aromatic heterocycles. The first-order chi connectivity index (χ1) is 16.7. The van der Waals surface area contributed by atoms with Gasteiger partial charge in [-0.2, -0.15) is 15.0 Å². The van der Waals surface area contributed by atoms with Gasteiger partial charge in [-0.1, -0.05) is 19.1 Å². The maximum absolute atomic E-state index is 13.2. The molecule has 0 aliphatic heterocycles. The minimum absolute atomic E-state index is 0.0976. The van der Waals surface area contributed by atoms with Crippen LogP contribution in [0.5, 0.6) is 17.5 Å². The van der Waals surface area contributed by atoms with Crippen LogP contribution in [0.3, 0.4) is 0 Å². The molecule has 1 atom stereocenters. The van der Waals surface area contributed by atoms with Crippen LogP contribution in [0.15, 0.2) is 48.5 Å². The Kier molecular flexibility index (Phi) is 8.77. The van der Waals surface area contributed by atoms with Gasteiger partial charge in [0.2, 0.25) is 11.9 Å². The third kappa shape index (κ3) is 7.53. The number of carbonyl (C=O) groups is 1. The number of rotatable bonds is 12. The molecule has 0 saturated carbocycles. The molecule has 0 fully saturated rings. The predicted octanol–water partition coefficient (Wildman–Crippen LogP) is 4.04. The molecule has 3 aromatic rings. The monoisotopic (exact) mass is 483 g/mol. The zero-order chi connectivity index (χ0) is 25.4. The number of nitrogens with zero attached hydrogens (tertiary/aromatic N) is 5. The molecule has 2 aromatic carbocycles. The number of aliphatic carboxylic acids is 1. The lowest BCUT2D eigenvalue weighted by atomic mass is 9.97. The van der Waals surface area contributed by atoms with E-state index in [1.807, 2.05) is 57.2 Å². The molecule has 0 saturated heterocycles. The van der Waals surface area contributed by atoms with Crippen molar-refractivity contribution >= 4 is 17.9 Å². The minimum atomic E-state index is -0.780. The van der Waals surface area contributed by atoms with Gasteiger partial charge >= 0.3 is 12.0 Å². The predicted molar refractivity (Wildman–Crippen MR) is 131 cm³/mol. The van der Waals surface area contributed by atoms with Crippen molar-refractivity contribution in [3.05, 3.63) is 59.9 Å². The van der Waals surface area contributed by atoms with Crippen molar-refractivity contribution in [2.45, 2.75) is 19.8 Å². The molecule has 1 unspecified atom stereocenters. The summed E-state index contributed by atoms with van der Waals surface area (Å²) in [5.41, 5.74) is 0.957. The number of hydrogen-bond donors (Lipinski definition) is 1. The third-order valence-corrected chi connectivity index (χ3v) is 5.30. The van der Waals surface area contributed by atoms with Gasteiger partial charge in [-0.15, -0.1) is 0 Å². The van der Waals surface area contributed by atoms with Gasteiger partial charge in [0.1, 0.15) is 23.9 Å². The molecule has 9 nitrogen and oxygen atoms in total. The summed E-state index contributed by atoms with van der Waals surface area (Å²) >= 11 is 0. The third-order valence-electron chi connectivity index (χ3n) is 5.30. The van der Waals surface area contributed by atoms with Crippen LogP contribution in [-0.2, 0) is 11.2 Å². The summed E-state index contributed by atoms with van der Waals surface area (Å²) in [6.07, 6.45) is 1.08. The van der Waals surface area contributed by atoms with Crippen molar-refractivity contribution in [3.63, 3.8) is 0 Å². The molecule has 0 amide bonds. The van der Waals surface area contributed by atoms with Crippen molar-refractivity contribution in [3.8, 4) is 17.5 Å². The number of carboxylic acid groups (broad SMARTS) is 1. The molecule has 3 rings (SSSR count). The molecule has 1 N–H and O–H groups in total. The van der Waals surface area contributed by atoms with Crippen LogP contribution in [0.1, 0.15) is 18.9 Å². The van der Waals surface area contributed by atoms with Crippen molar-refractivity contribution in [1.82, 2.24) is 15.0 Å². The summed E-state index contributed by atoms with van der Waals surface area (Å²) in [6.45, 7) is 2.74. The molecule has 10 heteroatoms. The van der Waals surface area contributed by atoms with Crippen LogP contribution >= 0.6 is 0 Å². The first-order valence-corrected chi connectivity index (χ1v) is 11.3. The number of benzene rings is 2. The highest BCUT2D eigenvalue weighted by atomic mass is 19.1. The van der Waals surface area contributed by atoms with E-state index >= 15 is 0 Å². The highest BCUT2D eigenvalue weighted by Crippen LogP contribution is 2.22. The van der Waals surface area contributed by atoms with E-state index in [9.17, 15) is 14.3 Å². The second-order valence-corrected chi connectivity index (χ2v) is 8.23. The van der Waals surface area contributed by atoms with E-state index in [2.05, 4.69) is 15.0 Å². The highest BCUT2D eigenvalue weighted by Gasteiger charge is 2.16. The molecular weight excluding hydrogens is 453 g/mol. The molecule has 0 radical (unpaired) electrons. The van der Waals surface area contributed by atoms with E-state index < -0.39 is 5.97 Å². The van der Waals surface area contributed by atoms with Gasteiger partial charge in [-0.25, -0.2) is 4.39 Å². The number of carboxylic acids is 1. The molecule has 0 aliphatic carbocycles. The van der Waals surface area contributed by atoms with Crippen molar-refractivity contribution in [2.24, 2.45) is 5.92 Å². The second kappa shape index (κ2) is 12.0. The standard InChI is InChI=1S/C25H30FN5O4/c1-5-18(22(32)33)16-17-6-10-20(11-7-17)34-15-14-31(4)24-27-23(30(2)3)28-25(29-24)35-21-12-8-19(26)9-13-21/h6-13,18H,5,14-16H2,1-4H3,(H,32,33). The maximum atomic E-state index is 13.2. The number of likely N-dealkylation sites (N-methyl/N-ethyl adjacent to an activating group) is 1. The van der Waals surface area contributed by atoms with Gasteiger partial charge in [0.05, 0.1) is 12.5 Å². The summed E-state index contributed by atoms with van der Waals surface area (Å²) in [6, 6.07) is 13.2. The van der Waals surface area contributed by atoms with Crippen molar-refractivity contribution < 1.29 is 23.8 Å². The Balaban J connectivity index is 1.60. The first-order valence-electron chi connectivity index (χ1n) is 11.3. The average molecular weight is 484 g/mol. The van der Waals surface area contributed by atoms with Crippen LogP contribution in [0.25, 0.3) is 0 Å². The van der Waals surface area contributed by atoms with Gasteiger partial charge in [-0.3, -0.25) is 4.79 Å². The molecule has 0 aliphatic rings. The molecule has 0 spiro atoms. The lowest BCUT2D eigenvalue weighted by molar-refractivity contribution is -0.141. The summed E-state index contributed by atoms with van der Waals surface area (Å²) in [5.74, 6) is 0.396. The summed E-state index contributed by atoms with van der Waals surface area (Å²) in [7, 11) is 5.46. The van der Waals surface area contributed by atoms with E-state index in [-0.39, 0.29) is 17.7 Å². The number of anilines is 2. The second-order valence-electron chi connectivity index (χ2n) is 8.23. The Morgan fingerprint density at radius 2 is 1.60 bits per heavy atom. The van der Waals surface area contributed by atoms with Crippen LogP contribution in [0.4, 0.5) is 16.3 Å². The highest BCUT2D eigenvalue weighted by molar-refractivity contribution is 5.70. The number of halogens is 1. The van der Waals surface area contributed by atoms with Gasteiger partial charge in [0.15, 0.2) is 0 Å². The zero-order valence-electron chi connectivity index (χ0n) is 20.3. The summed E-state index contributed by atoms with van der Waals surface area (Å²) in [4.78, 5) is 27.9. The van der Waals surface area contributed by atoms with Gasteiger partial charge in [0.25, 0.3) is 0 Å². The van der Waals surface area contributed by atoms with E-state index in [4.69, 9.17) is 9.47 Å². The molecular formula is C25H30FN5O4. The van der Waals surface area contributed by atoms with Gasteiger partial charge in [-0.05, 0) is 54.8 Å². The summed E-state index contributed by atoms with van der Waals surface area (Å²) < 4.78 is 24.7. The van der Waals surface area contributed by atoms with Crippen LogP contribution in [0, 0.1) is 11.7 Å². The first kappa shape index (κ1) is 25.7. The quantitative estimate of drug-likeness (QED) is 0.409. The van der Waals surface area contributed by atoms with Crippen LogP contribution in [0.2, 0.25) is 0 Å². The van der Waals surface area contributed by atoms with Gasteiger partial charge < -0.3 is 24.4 Å². The van der Waals surface area contributed by atoms with Crippen LogP contribution in [-0.4, -0.2) is 60.3 Å².